The molecule has 3 aromatic rings. The van der Waals surface area contributed by atoms with Gasteiger partial charge in [0.05, 0.1) is 42.4 Å². The fraction of sp³-hybridized carbons (Fsp3) is 0.0952. The molecule has 0 unspecified atom stereocenters. The average molecular weight is 420 g/mol. The number of anilines is 1. The van der Waals surface area contributed by atoms with Crippen LogP contribution in [0.4, 0.5) is 5.69 Å². The van der Waals surface area contributed by atoms with Gasteiger partial charge in [0.15, 0.2) is 0 Å². The Bertz CT molecular complexity index is 1110. The van der Waals surface area contributed by atoms with E-state index in [1.807, 2.05) is 30.3 Å². The number of aromatic carboxylic acids is 1. The number of nitriles is 1. The quantitative estimate of drug-likeness (QED) is 0.556. The number of carboxylic acid groups (broad SMARTS) is 1. The van der Waals surface area contributed by atoms with Gasteiger partial charge in [-0.15, -0.1) is 11.8 Å². The minimum absolute atomic E-state index is 0.0458. The molecule has 0 spiro atoms. The van der Waals surface area contributed by atoms with E-state index in [1.54, 1.807) is 7.11 Å². The highest BCUT2D eigenvalue weighted by Gasteiger charge is 2.15. The van der Waals surface area contributed by atoms with E-state index < -0.39 is 11.9 Å². The zero-order valence-electron chi connectivity index (χ0n) is 15.8. The number of nitrogens with one attached hydrogen (secondary N) is 1. The predicted molar refractivity (Wildman–Crippen MR) is 111 cm³/mol. The number of hydrogen-bond donors (Lipinski definition) is 2. The summed E-state index contributed by atoms with van der Waals surface area (Å²) in [5.74, 6) is -0.385. The van der Waals surface area contributed by atoms with Gasteiger partial charge in [0.25, 0.3) is 5.91 Å². The second kappa shape index (κ2) is 9.54. The smallest absolute Gasteiger partial charge is 0.337 e. The first-order valence-corrected chi connectivity index (χ1v) is 9.65. The zero-order valence-corrected chi connectivity index (χ0v) is 16.6. The van der Waals surface area contributed by atoms with Crippen LogP contribution in [0.5, 0.6) is 5.75 Å². The fourth-order valence-corrected chi connectivity index (χ4v) is 3.23. The van der Waals surface area contributed by atoms with Crippen LogP contribution in [0.15, 0.2) is 59.9 Å². The first-order valence-electron chi connectivity index (χ1n) is 8.66. The highest BCUT2D eigenvalue weighted by Crippen LogP contribution is 2.22. The van der Waals surface area contributed by atoms with Crippen LogP contribution in [-0.2, 0) is 5.75 Å². The third-order valence-corrected chi connectivity index (χ3v) is 5.02. The molecule has 9 heteroatoms. The zero-order chi connectivity index (χ0) is 21.5. The molecule has 0 saturated carbocycles. The molecule has 8 nitrogen and oxygen atoms in total. The Morgan fingerprint density at radius 3 is 2.53 bits per heavy atom. The maximum atomic E-state index is 12.4. The molecule has 0 bridgehead atoms. The van der Waals surface area contributed by atoms with Crippen molar-refractivity contribution in [1.82, 2.24) is 9.97 Å². The molecule has 0 aliphatic heterocycles. The highest BCUT2D eigenvalue weighted by molar-refractivity contribution is 7.98. The van der Waals surface area contributed by atoms with Gasteiger partial charge >= 0.3 is 5.97 Å². The number of carbonyl (C=O) groups excluding carboxylic acids is 1. The Morgan fingerprint density at radius 1 is 1.17 bits per heavy atom. The van der Waals surface area contributed by atoms with E-state index in [0.717, 1.165) is 11.3 Å². The molecule has 0 aliphatic rings. The number of aromatic nitrogens is 2. The summed E-state index contributed by atoms with van der Waals surface area (Å²) >= 11 is 1.47. The number of ether oxygens (including phenoxy) is 1. The molecule has 1 aromatic heterocycles. The third-order valence-electron chi connectivity index (χ3n) is 4.03. The minimum Gasteiger partial charge on any atom is -0.497 e. The molecule has 0 saturated heterocycles. The Labute approximate surface area is 176 Å². The number of methoxy groups -OCH3 is 1. The van der Waals surface area contributed by atoms with Crippen LogP contribution in [-0.4, -0.2) is 34.1 Å². The molecule has 150 valence electrons. The normalized spacial score (nSPS) is 10.1. The van der Waals surface area contributed by atoms with Crippen molar-refractivity contribution in [2.45, 2.75) is 10.8 Å². The van der Waals surface area contributed by atoms with Crippen LogP contribution in [0.1, 0.15) is 32.0 Å². The summed E-state index contributed by atoms with van der Waals surface area (Å²) < 4.78 is 5.13. The predicted octanol–water partition coefficient (Wildman–Crippen LogP) is 3.60. The molecular formula is C21H16N4O4S. The van der Waals surface area contributed by atoms with Crippen molar-refractivity contribution in [2.75, 3.05) is 12.4 Å². The standard InChI is InChI=1S/C21H16N4O4S/c1-29-15-5-2-13(3-6-15)12-30-19-11-23-18(10-24-19)20(26)25-17-7-4-14(9-22)8-16(17)21(27)28/h2-8,10-11H,12H2,1H3,(H,25,26)(H,27,28). The van der Waals surface area contributed by atoms with Crippen molar-refractivity contribution in [1.29, 1.82) is 5.26 Å². The van der Waals surface area contributed by atoms with E-state index in [2.05, 4.69) is 15.3 Å². The maximum Gasteiger partial charge on any atom is 0.337 e. The second-order valence-electron chi connectivity index (χ2n) is 6.01. The van der Waals surface area contributed by atoms with E-state index in [9.17, 15) is 14.7 Å². The molecule has 0 atom stereocenters. The topological polar surface area (TPSA) is 125 Å². The lowest BCUT2D eigenvalue weighted by molar-refractivity contribution is 0.0698. The molecule has 1 amide bonds. The van der Waals surface area contributed by atoms with Crippen molar-refractivity contribution in [2.24, 2.45) is 0 Å². The van der Waals surface area contributed by atoms with Gasteiger partial charge in [0, 0.05) is 5.75 Å². The summed E-state index contributed by atoms with van der Waals surface area (Å²) in [5, 5.41) is 21.3. The summed E-state index contributed by atoms with van der Waals surface area (Å²) in [5.41, 5.74) is 1.22. The highest BCUT2D eigenvalue weighted by atomic mass is 32.2. The van der Waals surface area contributed by atoms with Crippen molar-refractivity contribution in [3.05, 3.63) is 77.2 Å². The third kappa shape index (κ3) is 5.12. The summed E-state index contributed by atoms with van der Waals surface area (Å²) in [6.45, 7) is 0. The van der Waals surface area contributed by atoms with Crippen molar-refractivity contribution < 1.29 is 19.4 Å². The minimum atomic E-state index is -1.25. The van der Waals surface area contributed by atoms with Gasteiger partial charge in [-0.2, -0.15) is 5.26 Å². The number of nitrogens with zero attached hydrogens (tertiary/aromatic N) is 3. The lowest BCUT2D eigenvalue weighted by atomic mass is 10.1. The van der Waals surface area contributed by atoms with Crippen molar-refractivity contribution in [3.8, 4) is 11.8 Å². The van der Waals surface area contributed by atoms with Crippen molar-refractivity contribution >= 4 is 29.3 Å². The Hall–Kier alpha value is -3.90. The first-order chi connectivity index (χ1) is 14.5. The fourth-order valence-electron chi connectivity index (χ4n) is 2.47. The number of carboxylic acids is 1. The average Bonchev–Trinajstić information content (AvgIpc) is 2.78. The van der Waals surface area contributed by atoms with Crippen LogP contribution < -0.4 is 10.1 Å². The van der Waals surface area contributed by atoms with Gasteiger partial charge in [-0.1, -0.05) is 12.1 Å². The van der Waals surface area contributed by atoms with Crippen LogP contribution in [0.25, 0.3) is 0 Å². The van der Waals surface area contributed by atoms with Gasteiger partial charge in [0.1, 0.15) is 16.5 Å². The van der Waals surface area contributed by atoms with Crippen LogP contribution in [0, 0.1) is 11.3 Å². The Morgan fingerprint density at radius 2 is 1.93 bits per heavy atom. The number of benzene rings is 2. The molecule has 0 radical (unpaired) electrons. The number of carbonyl (C=O) groups is 2. The van der Waals surface area contributed by atoms with Crippen LogP contribution >= 0.6 is 11.8 Å². The molecule has 0 aliphatic carbocycles. The number of amides is 1. The van der Waals surface area contributed by atoms with Gasteiger partial charge in [-0.3, -0.25) is 4.79 Å². The molecular weight excluding hydrogens is 404 g/mol. The Balaban J connectivity index is 1.65. The molecule has 0 fully saturated rings. The van der Waals surface area contributed by atoms with Crippen LogP contribution in [0.2, 0.25) is 0 Å². The molecule has 2 N–H and O–H groups in total. The van der Waals surface area contributed by atoms with E-state index in [1.165, 1.54) is 42.4 Å². The lowest BCUT2D eigenvalue weighted by Gasteiger charge is -2.08. The Kier molecular flexibility index (Phi) is 6.62. The van der Waals surface area contributed by atoms with Gasteiger partial charge < -0.3 is 15.2 Å². The van der Waals surface area contributed by atoms with E-state index in [-0.39, 0.29) is 22.5 Å². The van der Waals surface area contributed by atoms with E-state index in [4.69, 9.17) is 10.00 Å². The summed E-state index contributed by atoms with van der Waals surface area (Å²) in [7, 11) is 1.61. The molecule has 30 heavy (non-hydrogen) atoms. The second-order valence-corrected chi connectivity index (χ2v) is 7.00. The number of rotatable bonds is 7. The molecule has 1 heterocycles. The van der Waals surface area contributed by atoms with Gasteiger partial charge in [0.2, 0.25) is 0 Å². The van der Waals surface area contributed by atoms with E-state index >= 15 is 0 Å². The summed E-state index contributed by atoms with van der Waals surface area (Å²) in [4.78, 5) is 32.1. The summed E-state index contributed by atoms with van der Waals surface area (Å²) in [6.07, 6.45) is 2.82. The number of hydrogen-bond acceptors (Lipinski definition) is 7. The molecule has 2 aromatic carbocycles. The van der Waals surface area contributed by atoms with Gasteiger partial charge in [-0.05, 0) is 35.9 Å². The van der Waals surface area contributed by atoms with Crippen LogP contribution in [0.3, 0.4) is 0 Å². The monoisotopic (exact) mass is 420 g/mol. The largest absolute Gasteiger partial charge is 0.497 e. The maximum absolute atomic E-state index is 12.4. The van der Waals surface area contributed by atoms with Gasteiger partial charge in [-0.25, -0.2) is 14.8 Å². The van der Waals surface area contributed by atoms with Crippen molar-refractivity contribution in [3.63, 3.8) is 0 Å². The first kappa shape index (κ1) is 20.8. The molecule has 3 rings (SSSR count). The number of thioether (sulfide) groups is 1. The van der Waals surface area contributed by atoms with E-state index in [0.29, 0.717) is 10.8 Å². The summed E-state index contributed by atoms with van der Waals surface area (Å²) in [6, 6.07) is 13.5. The SMILES string of the molecule is COc1ccc(CSc2cnc(C(=O)Nc3ccc(C#N)cc3C(=O)O)cn2)cc1. The lowest BCUT2D eigenvalue weighted by Crippen LogP contribution is -2.16.